The van der Waals surface area contributed by atoms with E-state index in [0.717, 1.165) is 57.8 Å². The molecule has 0 aliphatic carbocycles. The maximum absolute atomic E-state index is 12.7. The van der Waals surface area contributed by atoms with Gasteiger partial charge in [-0.15, -0.1) is 0 Å². The monoisotopic (exact) mass is 821 g/mol. The third kappa shape index (κ3) is 45.5. The lowest BCUT2D eigenvalue weighted by Gasteiger charge is -2.18. The molecule has 0 aliphatic heterocycles. The molecule has 344 valence electrons. The zero-order chi connectivity index (χ0) is 42.3. The summed E-state index contributed by atoms with van der Waals surface area (Å²) in [4.78, 5) is 37.8. The Bertz CT molecular complexity index is 859. The largest absolute Gasteiger partial charge is 0.462 e. The molecule has 0 aliphatic rings. The molecule has 0 aromatic carbocycles. The van der Waals surface area contributed by atoms with Crippen molar-refractivity contribution in [3.8, 4) is 0 Å². The highest BCUT2D eigenvalue weighted by atomic mass is 16.6. The van der Waals surface area contributed by atoms with Gasteiger partial charge < -0.3 is 14.2 Å². The number of unbranched alkanes of at least 4 members (excludes halogenated alkanes) is 37. The number of hydrogen-bond acceptors (Lipinski definition) is 6. The Morgan fingerprint density at radius 2 is 0.466 bits per heavy atom. The van der Waals surface area contributed by atoms with E-state index in [-0.39, 0.29) is 31.1 Å². The van der Waals surface area contributed by atoms with E-state index in [2.05, 4.69) is 20.8 Å². The Morgan fingerprint density at radius 1 is 0.276 bits per heavy atom. The molecule has 6 heteroatoms. The average molecular weight is 821 g/mol. The van der Waals surface area contributed by atoms with Crippen LogP contribution in [-0.4, -0.2) is 37.2 Å². The molecule has 0 fully saturated rings. The Balaban J connectivity index is 4.14. The summed E-state index contributed by atoms with van der Waals surface area (Å²) >= 11 is 0. The van der Waals surface area contributed by atoms with Crippen molar-refractivity contribution in [1.29, 1.82) is 0 Å². The number of esters is 3. The molecule has 0 rings (SSSR count). The molecular weight excluding hydrogens is 721 g/mol. The minimum atomic E-state index is -0.758. The summed E-state index contributed by atoms with van der Waals surface area (Å²) in [5, 5.41) is 0. The first-order valence-electron chi connectivity index (χ1n) is 26.0. The summed E-state index contributed by atoms with van der Waals surface area (Å²) in [6, 6.07) is 0. The number of carbonyl (C=O) groups excluding carboxylic acids is 3. The van der Waals surface area contributed by atoms with E-state index in [4.69, 9.17) is 14.2 Å². The van der Waals surface area contributed by atoms with E-state index in [0.29, 0.717) is 19.3 Å². The molecule has 1 atom stereocenters. The van der Waals surface area contributed by atoms with E-state index in [9.17, 15) is 14.4 Å². The van der Waals surface area contributed by atoms with E-state index in [1.807, 2.05) is 0 Å². The minimum Gasteiger partial charge on any atom is -0.462 e. The third-order valence-corrected chi connectivity index (χ3v) is 11.9. The van der Waals surface area contributed by atoms with Crippen LogP contribution in [-0.2, 0) is 28.6 Å². The van der Waals surface area contributed by atoms with Crippen molar-refractivity contribution in [2.75, 3.05) is 13.2 Å². The summed E-state index contributed by atoms with van der Waals surface area (Å²) in [5.74, 6) is -0.849. The highest BCUT2D eigenvalue weighted by molar-refractivity contribution is 5.71. The first-order valence-corrected chi connectivity index (χ1v) is 26.0. The van der Waals surface area contributed by atoms with Gasteiger partial charge in [0.25, 0.3) is 0 Å². The molecule has 0 radical (unpaired) electrons. The second-order valence-corrected chi connectivity index (χ2v) is 17.8. The van der Waals surface area contributed by atoms with Crippen molar-refractivity contribution in [3.63, 3.8) is 0 Å². The fourth-order valence-electron chi connectivity index (χ4n) is 7.92. The van der Waals surface area contributed by atoms with Crippen molar-refractivity contribution < 1.29 is 28.6 Å². The van der Waals surface area contributed by atoms with Gasteiger partial charge in [-0.3, -0.25) is 14.4 Å². The highest BCUT2D eigenvalue weighted by Crippen LogP contribution is 2.17. The predicted molar refractivity (Wildman–Crippen MR) is 247 cm³/mol. The van der Waals surface area contributed by atoms with Crippen molar-refractivity contribution in [3.05, 3.63) is 0 Å². The predicted octanol–water partition coefficient (Wildman–Crippen LogP) is 16.8. The molecule has 0 N–H and O–H groups in total. The Kier molecular flexibility index (Phi) is 46.8. The van der Waals surface area contributed by atoms with Crippen molar-refractivity contribution >= 4 is 17.9 Å². The van der Waals surface area contributed by atoms with Gasteiger partial charge in [-0.2, -0.15) is 0 Å². The average Bonchev–Trinajstić information content (AvgIpc) is 3.22. The van der Waals surface area contributed by atoms with Crippen LogP contribution in [0.25, 0.3) is 0 Å². The van der Waals surface area contributed by atoms with Crippen LogP contribution >= 0.6 is 0 Å². The summed E-state index contributed by atoms with van der Waals surface area (Å²) in [6.45, 7) is 6.64. The standard InChI is InChI=1S/C52H100O6/c1-4-7-10-13-16-18-20-22-24-26-28-30-32-34-37-39-42-45-51(54)57-48-49(58-52(55)46-43-40-35-15-12-9-6-3)47-56-50(53)44-41-38-36-33-31-29-27-25-23-21-19-17-14-11-8-5-2/h49H,4-48H2,1-3H3/t49-/m1/s1. The second kappa shape index (κ2) is 48.1. The normalized spacial score (nSPS) is 11.8. The molecule has 0 aromatic heterocycles. The first kappa shape index (κ1) is 56.4. The van der Waals surface area contributed by atoms with Crippen LogP contribution in [0, 0.1) is 0 Å². The van der Waals surface area contributed by atoms with Crippen LogP contribution in [0.3, 0.4) is 0 Å². The lowest BCUT2D eigenvalue weighted by atomic mass is 10.0. The molecule has 0 bridgehead atoms. The van der Waals surface area contributed by atoms with E-state index < -0.39 is 6.10 Å². The second-order valence-electron chi connectivity index (χ2n) is 17.8. The molecule has 0 saturated carbocycles. The number of ether oxygens (including phenoxy) is 3. The van der Waals surface area contributed by atoms with E-state index in [1.54, 1.807) is 0 Å². The summed E-state index contributed by atoms with van der Waals surface area (Å²) in [6.07, 6.45) is 51.0. The summed E-state index contributed by atoms with van der Waals surface area (Å²) < 4.78 is 16.7. The number of rotatable bonds is 48. The van der Waals surface area contributed by atoms with Gasteiger partial charge in [0.05, 0.1) is 0 Å². The fraction of sp³-hybridized carbons (Fsp3) is 0.942. The van der Waals surface area contributed by atoms with Crippen LogP contribution in [0.4, 0.5) is 0 Å². The first-order chi connectivity index (χ1) is 28.5. The third-order valence-electron chi connectivity index (χ3n) is 11.9. The molecule has 0 saturated heterocycles. The maximum atomic E-state index is 12.7. The molecule has 0 heterocycles. The quantitative estimate of drug-likeness (QED) is 0.0346. The van der Waals surface area contributed by atoms with Crippen molar-refractivity contribution in [2.24, 2.45) is 0 Å². The Hall–Kier alpha value is -1.59. The van der Waals surface area contributed by atoms with Gasteiger partial charge in [-0.05, 0) is 19.3 Å². The van der Waals surface area contributed by atoms with E-state index in [1.165, 1.54) is 199 Å². The summed E-state index contributed by atoms with van der Waals surface area (Å²) in [7, 11) is 0. The molecule has 0 aromatic rings. The van der Waals surface area contributed by atoms with Crippen LogP contribution in [0.5, 0.6) is 0 Å². The molecule has 0 spiro atoms. The molecule has 0 unspecified atom stereocenters. The molecule has 6 nitrogen and oxygen atoms in total. The van der Waals surface area contributed by atoms with Crippen LogP contribution in [0.15, 0.2) is 0 Å². The minimum absolute atomic E-state index is 0.0626. The zero-order valence-electron chi connectivity index (χ0n) is 39.3. The van der Waals surface area contributed by atoms with Gasteiger partial charge in [0.15, 0.2) is 6.10 Å². The molecule has 0 amide bonds. The van der Waals surface area contributed by atoms with Gasteiger partial charge >= 0.3 is 17.9 Å². The van der Waals surface area contributed by atoms with Gasteiger partial charge in [0.1, 0.15) is 13.2 Å². The highest BCUT2D eigenvalue weighted by Gasteiger charge is 2.19. The van der Waals surface area contributed by atoms with Gasteiger partial charge in [0, 0.05) is 19.3 Å². The van der Waals surface area contributed by atoms with Gasteiger partial charge in [-0.25, -0.2) is 0 Å². The fourth-order valence-corrected chi connectivity index (χ4v) is 7.92. The summed E-state index contributed by atoms with van der Waals surface area (Å²) in [5.41, 5.74) is 0. The maximum Gasteiger partial charge on any atom is 0.306 e. The van der Waals surface area contributed by atoms with Crippen molar-refractivity contribution in [1.82, 2.24) is 0 Å². The number of carbonyl (C=O) groups is 3. The lowest BCUT2D eigenvalue weighted by Crippen LogP contribution is -2.30. The van der Waals surface area contributed by atoms with Gasteiger partial charge in [-0.1, -0.05) is 258 Å². The van der Waals surface area contributed by atoms with Crippen molar-refractivity contribution in [2.45, 2.75) is 303 Å². The Morgan fingerprint density at radius 3 is 0.690 bits per heavy atom. The molecular formula is C52H100O6. The van der Waals surface area contributed by atoms with Gasteiger partial charge in [0.2, 0.25) is 0 Å². The smallest absolute Gasteiger partial charge is 0.306 e. The number of hydrogen-bond donors (Lipinski definition) is 0. The Labute approximate surface area is 361 Å². The molecule has 58 heavy (non-hydrogen) atoms. The lowest BCUT2D eigenvalue weighted by molar-refractivity contribution is -0.167. The van der Waals surface area contributed by atoms with Crippen LogP contribution in [0.1, 0.15) is 297 Å². The SMILES string of the molecule is CCCCCCCCCCCCCCCCCCCC(=O)OC[C@@H](COC(=O)CCCCCCCCCCCCCCCCCC)OC(=O)CCCCCCCCC. The zero-order valence-corrected chi connectivity index (χ0v) is 39.3. The van der Waals surface area contributed by atoms with Crippen LogP contribution < -0.4 is 0 Å². The van der Waals surface area contributed by atoms with E-state index >= 15 is 0 Å². The topological polar surface area (TPSA) is 78.9 Å². The van der Waals surface area contributed by atoms with Crippen LogP contribution in [0.2, 0.25) is 0 Å².